The molecule has 1 aromatic carbocycles. The maximum atomic E-state index is 6.06. The summed E-state index contributed by atoms with van der Waals surface area (Å²) < 4.78 is 0. The summed E-state index contributed by atoms with van der Waals surface area (Å²) in [4.78, 5) is 5.38. The zero-order chi connectivity index (χ0) is 10.3. The van der Waals surface area contributed by atoms with E-state index in [1.165, 1.54) is 21.6 Å². The van der Waals surface area contributed by atoms with Crippen molar-refractivity contribution in [1.82, 2.24) is 4.98 Å². The molecule has 2 N–H and O–H groups in total. The van der Waals surface area contributed by atoms with Crippen LogP contribution in [0.3, 0.4) is 0 Å². The number of rotatable bonds is 1. The molecule has 15 heavy (non-hydrogen) atoms. The van der Waals surface area contributed by atoms with E-state index >= 15 is 0 Å². The third kappa shape index (κ3) is 1.39. The van der Waals surface area contributed by atoms with Crippen molar-refractivity contribution in [2.24, 2.45) is 5.73 Å². The Hall–Kier alpha value is -1.19. The number of thiazole rings is 1. The van der Waals surface area contributed by atoms with Gasteiger partial charge in [-0.2, -0.15) is 0 Å². The lowest BCUT2D eigenvalue weighted by atomic mass is 10.0. The highest BCUT2D eigenvalue weighted by atomic mass is 32.1. The van der Waals surface area contributed by atoms with Crippen molar-refractivity contribution in [3.05, 3.63) is 41.0 Å². The molecular weight excluding hydrogens is 204 g/mol. The average molecular weight is 216 g/mol. The fourth-order valence-corrected chi connectivity index (χ4v) is 2.94. The topological polar surface area (TPSA) is 38.9 Å². The second-order valence-electron chi connectivity index (χ2n) is 3.88. The van der Waals surface area contributed by atoms with Gasteiger partial charge >= 0.3 is 0 Å². The Labute approximate surface area is 92.8 Å². The van der Waals surface area contributed by atoms with Crippen LogP contribution < -0.4 is 5.73 Å². The highest BCUT2D eigenvalue weighted by Gasteiger charge is 2.21. The number of benzene rings is 1. The Bertz CT molecular complexity index is 476. The molecule has 3 rings (SSSR count). The summed E-state index contributed by atoms with van der Waals surface area (Å²) in [5, 5.41) is 0. The molecule has 2 nitrogen and oxygen atoms in total. The zero-order valence-corrected chi connectivity index (χ0v) is 9.13. The van der Waals surface area contributed by atoms with Gasteiger partial charge in [0.05, 0.1) is 10.4 Å². The Morgan fingerprint density at radius 1 is 1.40 bits per heavy atom. The van der Waals surface area contributed by atoms with Crippen LogP contribution in [-0.2, 0) is 6.42 Å². The molecule has 0 radical (unpaired) electrons. The molecule has 1 aliphatic rings. The number of fused-ring (bicyclic) bond motifs is 1. The molecule has 1 atom stereocenters. The second kappa shape index (κ2) is 3.43. The van der Waals surface area contributed by atoms with Crippen LogP contribution in [0.5, 0.6) is 0 Å². The minimum atomic E-state index is 0.230. The number of hydrogen-bond donors (Lipinski definition) is 1. The highest BCUT2D eigenvalue weighted by molar-refractivity contribution is 7.13. The van der Waals surface area contributed by atoms with Crippen LogP contribution in [0.1, 0.15) is 23.6 Å². The van der Waals surface area contributed by atoms with Gasteiger partial charge in [0.2, 0.25) is 0 Å². The maximum Gasteiger partial charge on any atom is 0.0797 e. The summed E-state index contributed by atoms with van der Waals surface area (Å²) in [6.07, 6.45) is 4.11. The number of hydrogen-bond acceptors (Lipinski definition) is 3. The van der Waals surface area contributed by atoms with Crippen LogP contribution in [-0.4, -0.2) is 4.98 Å². The molecule has 1 heterocycles. The van der Waals surface area contributed by atoms with Crippen molar-refractivity contribution in [2.75, 3.05) is 0 Å². The molecule has 0 amide bonds. The molecule has 0 bridgehead atoms. The molecule has 0 fully saturated rings. The van der Waals surface area contributed by atoms with E-state index in [4.69, 9.17) is 5.73 Å². The van der Waals surface area contributed by atoms with Crippen LogP contribution in [0.2, 0.25) is 0 Å². The fraction of sp³-hybridized carbons (Fsp3) is 0.250. The Morgan fingerprint density at radius 3 is 3.13 bits per heavy atom. The molecule has 0 spiro atoms. The van der Waals surface area contributed by atoms with Gasteiger partial charge in [0.15, 0.2) is 0 Å². The Kier molecular flexibility index (Phi) is 2.08. The first kappa shape index (κ1) is 9.07. The van der Waals surface area contributed by atoms with Gasteiger partial charge in [-0.1, -0.05) is 18.2 Å². The first-order valence-corrected chi connectivity index (χ1v) is 6.00. The van der Waals surface area contributed by atoms with Gasteiger partial charge in [-0.05, 0) is 29.5 Å². The Balaban J connectivity index is 2.18. The molecule has 76 valence electrons. The maximum absolute atomic E-state index is 6.06. The summed E-state index contributed by atoms with van der Waals surface area (Å²) >= 11 is 1.69. The summed E-state index contributed by atoms with van der Waals surface area (Å²) in [6, 6.07) is 6.65. The first-order chi connectivity index (χ1) is 7.36. The monoisotopic (exact) mass is 216 g/mol. The molecule has 1 aliphatic carbocycles. The van der Waals surface area contributed by atoms with Gasteiger partial charge in [-0.25, -0.2) is 0 Å². The summed E-state index contributed by atoms with van der Waals surface area (Å²) in [7, 11) is 0. The second-order valence-corrected chi connectivity index (χ2v) is 4.77. The molecule has 0 aliphatic heterocycles. The van der Waals surface area contributed by atoms with Gasteiger partial charge in [0, 0.05) is 12.2 Å². The lowest BCUT2D eigenvalue weighted by Gasteiger charge is -2.07. The molecule has 1 aromatic heterocycles. The van der Waals surface area contributed by atoms with Crippen LogP contribution in [0.15, 0.2) is 29.9 Å². The first-order valence-electron chi connectivity index (χ1n) is 5.12. The minimum absolute atomic E-state index is 0.230. The standard InChI is InChI=1S/C12H12N2S/c13-11-5-4-8-9(11)2-1-3-10(8)12-6-14-7-15-12/h1-3,6-7,11H,4-5,13H2. The van der Waals surface area contributed by atoms with E-state index in [-0.39, 0.29) is 6.04 Å². The van der Waals surface area contributed by atoms with Crippen molar-refractivity contribution < 1.29 is 0 Å². The van der Waals surface area contributed by atoms with Crippen molar-refractivity contribution in [1.29, 1.82) is 0 Å². The molecule has 2 aromatic rings. The van der Waals surface area contributed by atoms with Crippen LogP contribution >= 0.6 is 11.3 Å². The minimum Gasteiger partial charge on any atom is -0.324 e. The van der Waals surface area contributed by atoms with Crippen LogP contribution in [0.25, 0.3) is 10.4 Å². The van der Waals surface area contributed by atoms with E-state index in [0.717, 1.165) is 12.8 Å². The van der Waals surface area contributed by atoms with Gasteiger partial charge < -0.3 is 5.73 Å². The third-order valence-corrected chi connectivity index (χ3v) is 3.82. The third-order valence-electron chi connectivity index (χ3n) is 3.01. The van der Waals surface area contributed by atoms with Gasteiger partial charge in [-0.3, -0.25) is 4.98 Å². The van der Waals surface area contributed by atoms with Crippen molar-refractivity contribution >= 4 is 11.3 Å². The van der Waals surface area contributed by atoms with Crippen LogP contribution in [0.4, 0.5) is 0 Å². The number of nitrogens with two attached hydrogens (primary N) is 1. The highest BCUT2D eigenvalue weighted by Crippen LogP contribution is 2.37. The largest absolute Gasteiger partial charge is 0.324 e. The van der Waals surface area contributed by atoms with Gasteiger partial charge in [0.1, 0.15) is 0 Å². The predicted octanol–water partition coefficient (Wildman–Crippen LogP) is 2.76. The smallest absolute Gasteiger partial charge is 0.0797 e. The zero-order valence-electron chi connectivity index (χ0n) is 8.31. The van der Waals surface area contributed by atoms with E-state index in [1.54, 1.807) is 11.3 Å². The lowest BCUT2D eigenvalue weighted by molar-refractivity contribution is 0.713. The predicted molar refractivity (Wildman–Crippen MR) is 62.8 cm³/mol. The molecule has 0 saturated carbocycles. The van der Waals surface area contributed by atoms with Crippen molar-refractivity contribution in [3.8, 4) is 10.4 Å². The summed E-state index contributed by atoms with van der Waals surface area (Å²) in [5.41, 5.74) is 12.0. The van der Waals surface area contributed by atoms with E-state index in [2.05, 4.69) is 23.2 Å². The Morgan fingerprint density at radius 2 is 2.33 bits per heavy atom. The lowest BCUT2D eigenvalue weighted by Crippen LogP contribution is -2.04. The van der Waals surface area contributed by atoms with Crippen molar-refractivity contribution in [3.63, 3.8) is 0 Å². The summed E-state index contributed by atoms with van der Waals surface area (Å²) in [6.45, 7) is 0. The van der Waals surface area contributed by atoms with E-state index < -0.39 is 0 Å². The molecule has 1 unspecified atom stereocenters. The summed E-state index contributed by atoms with van der Waals surface area (Å²) in [5.74, 6) is 0. The SMILES string of the molecule is NC1CCc2c(-c3cncs3)cccc21. The van der Waals surface area contributed by atoms with E-state index in [9.17, 15) is 0 Å². The molecule has 3 heteroatoms. The van der Waals surface area contributed by atoms with E-state index in [1.807, 2.05) is 11.7 Å². The quantitative estimate of drug-likeness (QED) is 0.796. The fourth-order valence-electron chi connectivity index (χ4n) is 2.27. The number of aromatic nitrogens is 1. The van der Waals surface area contributed by atoms with Crippen LogP contribution in [0, 0.1) is 0 Å². The van der Waals surface area contributed by atoms with Gasteiger partial charge in [0.25, 0.3) is 0 Å². The van der Waals surface area contributed by atoms with Crippen molar-refractivity contribution in [2.45, 2.75) is 18.9 Å². The van der Waals surface area contributed by atoms with Gasteiger partial charge in [-0.15, -0.1) is 11.3 Å². The average Bonchev–Trinajstić information content (AvgIpc) is 2.88. The molecule has 0 saturated heterocycles. The van der Waals surface area contributed by atoms with E-state index in [0.29, 0.717) is 0 Å². The number of nitrogens with zero attached hydrogens (tertiary/aromatic N) is 1. The normalized spacial score (nSPS) is 19.1. The molecular formula is C12H12N2S.